The number of amides is 3. The second-order valence-corrected chi connectivity index (χ2v) is 12.9. The number of aromatic hydroxyl groups is 1. The van der Waals surface area contributed by atoms with Gasteiger partial charge in [-0.05, 0) is 90.9 Å². The first-order valence-electron chi connectivity index (χ1n) is 15.5. The summed E-state index contributed by atoms with van der Waals surface area (Å²) in [4.78, 5) is 43.8. The van der Waals surface area contributed by atoms with E-state index in [1.54, 1.807) is 43.9 Å². The van der Waals surface area contributed by atoms with Crippen molar-refractivity contribution in [1.82, 2.24) is 10.2 Å². The van der Waals surface area contributed by atoms with Crippen molar-refractivity contribution >= 4 is 40.4 Å². The number of anilines is 1. The number of hydrogen-bond donors (Lipinski definition) is 3. The third kappa shape index (κ3) is 7.93. The van der Waals surface area contributed by atoms with Crippen molar-refractivity contribution in [3.63, 3.8) is 0 Å². The molecule has 0 radical (unpaired) electrons. The van der Waals surface area contributed by atoms with Gasteiger partial charge in [-0.2, -0.15) is 0 Å². The van der Waals surface area contributed by atoms with Crippen LogP contribution < -0.4 is 10.6 Å². The van der Waals surface area contributed by atoms with Gasteiger partial charge in [-0.25, -0.2) is 4.79 Å². The van der Waals surface area contributed by atoms with Crippen LogP contribution in [0, 0.1) is 5.92 Å². The maximum absolute atomic E-state index is 14.7. The molecule has 8 nitrogen and oxygen atoms in total. The Bertz CT molecular complexity index is 1740. The van der Waals surface area contributed by atoms with Gasteiger partial charge in [0.25, 0.3) is 5.91 Å². The van der Waals surface area contributed by atoms with Crippen LogP contribution in [0.1, 0.15) is 56.8 Å². The Balaban J connectivity index is 1.55. The molecule has 4 aromatic rings. The van der Waals surface area contributed by atoms with Crippen molar-refractivity contribution in [3.05, 3.63) is 114 Å². The predicted octanol–water partition coefficient (Wildman–Crippen LogP) is 7.24. The number of phenols is 1. The number of hydrogen-bond acceptors (Lipinski definition) is 5. The number of alkyl carbamates (subject to hydrolysis) is 1. The molecular weight excluding hydrogens is 578 g/mol. The number of nitrogens with one attached hydrogen (secondary N) is 2. The van der Waals surface area contributed by atoms with Crippen molar-refractivity contribution in [1.29, 1.82) is 0 Å². The molecule has 8 heteroatoms. The van der Waals surface area contributed by atoms with Gasteiger partial charge in [-0.15, -0.1) is 0 Å². The molecule has 0 saturated heterocycles. The van der Waals surface area contributed by atoms with E-state index in [1.165, 1.54) is 12.1 Å². The second kappa shape index (κ2) is 13.5. The summed E-state index contributed by atoms with van der Waals surface area (Å²) in [7, 11) is 0. The lowest BCUT2D eigenvalue weighted by Gasteiger charge is -2.35. The number of rotatable bonds is 10. The minimum atomic E-state index is -1.05. The summed E-state index contributed by atoms with van der Waals surface area (Å²) in [6.07, 6.45) is 1.80. The first-order chi connectivity index (χ1) is 21.9. The van der Waals surface area contributed by atoms with Crippen LogP contribution in [0.15, 0.2) is 97.6 Å². The van der Waals surface area contributed by atoms with E-state index in [-0.39, 0.29) is 30.0 Å². The number of benzene rings is 4. The minimum absolute atomic E-state index is 0.0904. The van der Waals surface area contributed by atoms with Crippen molar-refractivity contribution in [3.8, 4) is 5.75 Å². The summed E-state index contributed by atoms with van der Waals surface area (Å²) in [5.74, 6) is -0.536. The average Bonchev–Trinajstić information content (AvgIpc) is 3.74. The lowest BCUT2D eigenvalue weighted by Crippen LogP contribution is -2.54. The Morgan fingerprint density at radius 2 is 1.67 bits per heavy atom. The van der Waals surface area contributed by atoms with Gasteiger partial charge in [-0.1, -0.05) is 80.2 Å². The molecule has 0 spiro atoms. The number of carbonyl (C=O) groups excluding carboxylic acids is 3. The first-order valence-corrected chi connectivity index (χ1v) is 15.5. The standard InChI is InChI=1S/C38H41N3O5/c1-6-25-10-9-13-29(21-25)34(35(43)39-30-17-16-27-11-7-8-12-28(27)23-30)41(33-20-24(33)2)36(44)32(40-37(45)46-38(3,4)5)22-26-14-18-31(42)19-15-26/h6-19,21,23-24,32-34,42H,1,20,22H2,2-5H3,(H,39,43)(H,40,45). The molecule has 1 saturated carbocycles. The lowest BCUT2D eigenvalue weighted by molar-refractivity contribution is -0.141. The fourth-order valence-corrected chi connectivity index (χ4v) is 5.64. The molecule has 0 heterocycles. The van der Waals surface area contributed by atoms with Crippen LogP contribution in [-0.4, -0.2) is 45.6 Å². The van der Waals surface area contributed by atoms with Crippen LogP contribution in [0.25, 0.3) is 16.8 Å². The van der Waals surface area contributed by atoms with E-state index in [2.05, 4.69) is 17.2 Å². The van der Waals surface area contributed by atoms with E-state index < -0.39 is 29.7 Å². The normalized spacial score (nSPS) is 17.0. The monoisotopic (exact) mass is 619 g/mol. The van der Waals surface area contributed by atoms with E-state index in [0.29, 0.717) is 17.7 Å². The third-order valence-electron chi connectivity index (χ3n) is 8.05. The molecule has 5 rings (SSSR count). The zero-order valence-corrected chi connectivity index (χ0v) is 26.7. The highest BCUT2D eigenvalue weighted by Gasteiger charge is 2.48. The van der Waals surface area contributed by atoms with Crippen molar-refractivity contribution in [2.75, 3.05) is 5.32 Å². The molecule has 4 atom stereocenters. The van der Waals surface area contributed by atoms with Gasteiger partial charge in [-0.3, -0.25) is 9.59 Å². The number of phenolic OH excluding ortho intramolecular Hbond substituents is 1. The van der Waals surface area contributed by atoms with Crippen LogP contribution in [0.5, 0.6) is 5.75 Å². The zero-order chi connectivity index (χ0) is 33.0. The smallest absolute Gasteiger partial charge is 0.408 e. The number of fused-ring (bicyclic) bond motifs is 1. The highest BCUT2D eigenvalue weighted by molar-refractivity contribution is 6.00. The SMILES string of the molecule is C=Cc1cccc(C(C(=O)Nc2ccc3ccccc3c2)N(C(=O)C(Cc2ccc(O)cc2)NC(=O)OC(C)(C)C)C2CC2C)c1. The van der Waals surface area contributed by atoms with Gasteiger partial charge >= 0.3 is 6.09 Å². The Hall–Kier alpha value is -5.11. The van der Waals surface area contributed by atoms with Gasteiger partial charge in [0.05, 0.1) is 0 Å². The molecule has 238 valence electrons. The number of ether oxygens (including phenoxy) is 1. The van der Waals surface area contributed by atoms with Gasteiger partial charge in [0, 0.05) is 18.2 Å². The highest BCUT2D eigenvalue weighted by Crippen LogP contribution is 2.41. The second-order valence-electron chi connectivity index (χ2n) is 12.9. The van der Waals surface area contributed by atoms with E-state index in [9.17, 15) is 19.5 Å². The molecule has 1 fully saturated rings. The Morgan fingerprint density at radius 3 is 2.33 bits per heavy atom. The number of carbonyl (C=O) groups is 3. The molecule has 3 amide bonds. The summed E-state index contributed by atoms with van der Waals surface area (Å²) >= 11 is 0. The molecule has 1 aliphatic rings. The van der Waals surface area contributed by atoms with Crippen LogP contribution in [0.2, 0.25) is 0 Å². The maximum Gasteiger partial charge on any atom is 0.408 e. The summed E-state index contributed by atoms with van der Waals surface area (Å²) in [6.45, 7) is 11.2. The minimum Gasteiger partial charge on any atom is -0.508 e. The van der Waals surface area contributed by atoms with E-state index in [0.717, 1.165) is 21.9 Å². The maximum atomic E-state index is 14.7. The molecular formula is C38H41N3O5. The molecule has 46 heavy (non-hydrogen) atoms. The van der Waals surface area contributed by atoms with E-state index in [1.807, 2.05) is 73.7 Å². The predicted molar refractivity (Wildman–Crippen MR) is 181 cm³/mol. The summed E-state index contributed by atoms with van der Waals surface area (Å²) < 4.78 is 5.54. The molecule has 3 N–H and O–H groups in total. The zero-order valence-electron chi connectivity index (χ0n) is 26.7. The summed E-state index contributed by atoms with van der Waals surface area (Å²) in [6, 6.07) is 25.2. The quantitative estimate of drug-likeness (QED) is 0.173. The van der Waals surface area contributed by atoms with Gasteiger partial charge in [0.1, 0.15) is 23.4 Å². The largest absolute Gasteiger partial charge is 0.508 e. The van der Waals surface area contributed by atoms with Crippen LogP contribution in [-0.2, 0) is 20.7 Å². The fraction of sp³-hybridized carbons (Fsp3) is 0.289. The fourth-order valence-electron chi connectivity index (χ4n) is 5.64. The third-order valence-corrected chi connectivity index (χ3v) is 8.05. The van der Waals surface area contributed by atoms with Crippen LogP contribution >= 0.6 is 0 Å². The van der Waals surface area contributed by atoms with Crippen LogP contribution in [0.3, 0.4) is 0 Å². The highest BCUT2D eigenvalue weighted by atomic mass is 16.6. The first kappa shape index (κ1) is 32.3. The van der Waals surface area contributed by atoms with E-state index >= 15 is 0 Å². The molecule has 4 aromatic carbocycles. The number of nitrogens with zero attached hydrogens (tertiary/aromatic N) is 1. The molecule has 0 bridgehead atoms. The molecule has 4 unspecified atom stereocenters. The topological polar surface area (TPSA) is 108 Å². The average molecular weight is 620 g/mol. The van der Waals surface area contributed by atoms with Gasteiger partial charge < -0.3 is 25.4 Å². The Morgan fingerprint density at radius 1 is 0.978 bits per heavy atom. The van der Waals surface area contributed by atoms with Gasteiger partial charge in [0.2, 0.25) is 5.91 Å². The molecule has 0 aromatic heterocycles. The Labute approximate surface area is 270 Å². The van der Waals surface area contributed by atoms with Crippen molar-refractivity contribution < 1.29 is 24.2 Å². The summed E-state index contributed by atoms with van der Waals surface area (Å²) in [5, 5.41) is 17.7. The molecule has 1 aliphatic carbocycles. The Kier molecular flexibility index (Phi) is 9.46. The van der Waals surface area contributed by atoms with Crippen LogP contribution in [0.4, 0.5) is 10.5 Å². The lowest BCUT2D eigenvalue weighted by atomic mass is 9.98. The van der Waals surface area contributed by atoms with Gasteiger partial charge in [0.15, 0.2) is 0 Å². The van der Waals surface area contributed by atoms with Crippen molar-refractivity contribution in [2.24, 2.45) is 5.92 Å². The molecule has 0 aliphatic heterocycles. The van der Waals surface area contributed by atoms with E-state index in [4.69, 9.17) is 4.74 Å². The summed E-state index contributed by atoms with van der Waals surface area (Å²) in [5.41, 5.74) is 1.99. The van der Waals surface area contributed by atoms with Crippen molar-refractivity contribution in [2.45, 2.75) is 64.3 Å².